The van der Waals surface area contributed by atoms with Crippen molar-refractivity contribution in [1.29, 1.82) is 0 Å². The zero-order chi connectivity index (χ0) is 28.6. The molecule has 2 aliphatic rings. The average molecular weight is 531 g/mol. The standard InChI is InChI=1S/C36H34O4/c1-7-21-17(3)33(37)15-29-25(21)11-9-23-19(5)35(39)31(13-27(23)29)32-14-28-24(20(6)36(32)40)10-12-26-22(8-2)18(4)34(38)16-30(26)28/h7-8,13-16,37-40H,1-2,9-12H2,3-6H3. The van der Waals surface area contributed by atoms with Gasteiger partial charge in [-0.05, 0) is 156 Å². The molecule has 4 nitrogen and oxygen atoms in total. The number of benzene rings is 4. The van der Waals surface area contributed by atoms with Gasteiger partial charge >= 0.3 is 0 Å². The van der Waals surface area contributed by atoms with E-state index in [1.165, 1.54) is 0 Å². The van der Waals surface area contributed by atoms with Crippen LogP contribution in [0.3, 0.4) is 0 Å². The van der Waals surface area contributed by atoms with Crippen molar-refractivity contribution in [3.8, 4) is 56.4 Å². The zero-order valence-corrected chi connectivity index (χ0v) is 23.5. The van der Waals surface area contributed by atoms with E-state index in [4.69, 9.17) is 0 Å². The molecule has 0 spiro atoms. The topological polar surface area (TPSA) is 80.9 Å². The highest BCUT2D eigenvalue weighted by Crippen LogP contribution is 2.51. The first-order valence-corrected chi connectivity index (χ1v) is 13.8. The normalized spacial score (nSPS) is 13.2. The summed E-state index contributed by atoms with van der Waals surface area (Å²) >= 11 is 0. The quantitative estimate of drug-likeness (QED) is 0.215. The van der Waals surface area contributed by atoms with E-state index < -0.39 is 0 Å². The summed E-state index contributed by atoms with van der Waals surface area (Å²) < 4.78 is 0. The molecular formula is C36H34O4. The van der Waals surface area contributed by atoms with E-state index >= 15 is 0 Å². The van der Waals surface area contributed by atoms with E-state index in [1.807, 2.05) is 52.0 Å². The maximum atomic E-state index is 11.5. The molecule has 0 fully saturated rings. The lowest BCUT2D eigenvalue weighted by atomic mass is 9.76. The van der Waals surface area contributed by atoms with E-state index in [1.54, 1.807) is 12.2 Å². The van der Waals surface area contributed by atoms with Crippen LogP contribution >= 0.6 is 0 Å². The van der Waals surface area contributed by atoms with Crippen molar-refractivity contribution in [2.75, 3.05) is 0 Å². The Bertz CT molecular complexity index is 1670. The third-order valence-electron chi connectivity index (χ3n) is 9.32. The molecule has 6 rings (SSSR count). The second kappa shape index (κ2) is 9.06. The minimum absolute atomic E-state index is 0.145. The predicted molar refractivity (Wildman–Crippen MR) is 163 cm³/mol. The Morgan fingerprint density at radius 1 is 0.475 bits per heavy atom. The maximum Gasteiger partial charge on any atom is 0.126 e. The molecule has 0 heterocycles. The highest BCUT2D eigenvalue weighted by atomic mass is 16.3. The van der Waals surface area contributed by atoms with Gasteiger partial charge in [0.2, 0.25) is 0 Å². The van der Waals surface area contributed by atoms with E-state index in [9.17, 15) is 20.4 Å². The molecule has 2 aliphatic carbocycles. The number of phenols is 4. The Morgan fingerprint density at radius 3 is 1.15 bits per heavy atom. The van der Waals surface area contributed by atoms with Gasteiger partial charge in [0.25, 0.3) is 0 Å². The Hall–Kier alpha value is -4.44. The summed E-state index contributed by atoms with van der Waals surface area (Å²) in [5.74, 6) is 0.718. The van der Waals surface area contributed by atoms with Crippen molar-refractivity contribution in [3.63, 3.8) is 0 Å². The van der Waals surface area contributed by atoms with Crippen LogP contribution in [0.25, 0.3) is 45.5 Å². The molecule has 0 unspecified atom stereocenters. The molecular weight excluding hydrogens is 496 g/mol. The first-order chi connectivity index (χ1) is 19.1. The Morgan fingerprint density at radius 2 is 0.800 bits per heavy atom. The SMILES string of the molecule is C=Cc1c(C)c(O)cc2c1CCc1c-2cc(-c2cc3c(c(C)c2O)CCc2c-3cc(O)c(C)c2C=C)c(O)c1C. The van der Waals surface area contributed by atoms with Gasteiger partial charge in [-0.3, -0.25) is 0 Å². The van der Waals surface area contributed by atoms with Gasteiger partial charge in [-0.2, -0.15) is 0 Å². The first-order valence-electron chi connectivity index (χ1n) is 13.8. The van der Waals surface area contributed by atoms with Gasteiger partial charge in [-0.15, -0.1) is 0 Å². The van der Waals surface area contributed by atoms with Crippen molar-refractivity contribution >= 4 is 12.2 Å². The number of phenolic OH excluding ortho intramolecular Hbond substituents is 4. The molecule has 40 heavy (non-hydrogen) atoms. The highest BCUT2D eigenvalue weighted by Gasteiger charge is 2.29. The van der Waals surface area contributed by atoms with Gasteiger partial charge in [0.05, 0.1) is 0 Å². The van der Waals surface area contributed by atoms with Crippen LogP contribution < -0.4 is 0 Å². The van der Waals surface area contributed by atoms with Crippen molar-refractivity contribution in [1.82, 2.24) is 0 Å². The lowest BCUT2D eigenvalue weighted by molar-refractivity contribution is 0.463. The van der Waals surface area contributed by atoms with Gasteiger partial charge in [0.1, 0.15) is 23.0 Å². The summed E-state index contributed by atoms with van der Waals surface area (Å²) in [6.45, 7) is 15.6. The summed E-state index contributed by atoms with van der Waals surface area (Å²) in [4.78, 5) is 0. The number of hydrogen-bond acceptors (Lipinski definition) is 4. The second-order valence-corrected chi connectivity index (χ2v) is 11.2. The summed E-state index contributed by atoms with van der Waals surface area (Å²) in [5.41, 5.74) is 14.3. The van der Waals surface area contributed by atoms with E-state index in [0.29, 0.717) is 11.1 Å². The monoisotopic (exact) mass is 530 g/mol. The number of fused-ring (bicyclic) bond motifs is 6. The van der Waals surface area contributed by atoms with Gasteiger partial charge in [-0.25, -0.2) is 0 Å². The van der Waals surface area contributed by atoms with Crippen molar-refractivity contribution in [2.45, 2.75) is 53.4 Å². The molecule has 4 aromatic carbocycles. The summed E-state index contributed by atoms with van der Waals surface area (Å²) in [7, 11) is 0. The van der Waals surface area contributed by atoms with Gasteiger partial charge in [0, 0.05) is 11.1 Å². The van der Waals surface area contributed by atoms with E-state index in [2.05, 4.69) is 13.2 Å². The maximum absolute atomic E-state index is 11.5. The third-order valence-corrected chi connectivity index (χ3v) is 9.32. The van der Waals surface area contributed by atoms with Crippen LogP contribution in [-0.4, -0.2) is 20.4 Å². The van der Waals surface area contributed by atoms with Crippen LogP contribution in [0.4, 0.5) is 0 Å². The van der Waals surface area contributed by atoms with Crippen LogP contribution in [0.15, 0.2) is 37.4 Å². The molecule has 0 aromatic heterocycles. The van der Waals surface area contributed by atoms with Crippen LogP contribution in [0, 0.1) is 27.7 Å². The molecule has 0 aliphatic heterocycles. The Balaban J connectivity index is 1.64. The fraction of sp³-hybridized carbons (Fsp3) is 0.222. The lowest BCUT2D eigenvalue weighted by Gasteiger charge is -2.28. The molecule has 0 bridgehead atoms. The predicted octanol–water partition coefficient (Wildman–Crippen LogP) is 8.23. The van der Waals surface area contributed by atoms with Crippen LogP contribution in [0.1, 0.15) is 55.6 Å². The Kier molecular flexibility index (Phi) is 5.85. The van der Waals surface area contributed by atoms with E-state index in [0.717, 1.165) is 104 Å². The minimum Gasteiger partial charge on any atom is -0.508 e. The van der Waals surface area contributed by atoms with Crippen molar-refractivity contribution in [2.24, 2.45) is 0 Å². The van der Waals surface area contributed by atoms with Crippen LogP contribution in [-0.2, 0) is 25.7 Å². The average Bonchev–Trinajstić information content (AvgIpc) is 2.94. The summed E-state index contributed by atoms with van der Waals surface area (Å²) in [6, 6.07) is 7.52. The van der Waals surface area contributed by atoms with Gasteiger partial charge in [0.15, 0.2) is 0 Å². The summed E-state index contributed by atoms with van der Waals surface area (Å²) in [5, 5.41) is 44.5. The summed E-state index contributed by atoms with van der Waals surface area (Å²) in [6.07, 6.45) is 6.71. The van der Waals surface area contributed by atoms with Crippen LogP contribution in [0.5, 0.6) is 23.0 Å². The number of hydrogen-bond donors (Lipinski definition) is 4. The van der Waals surface area contributed by atoms with Crippen LogP contribution in [0.2, 0.25) is 0 Å². The molecule has 4 N–H and O–H groups in total. The molecule has 0 amide bonds. The lowest BCUT2D eigenvalue weighted by Crippen LogP contribution is -2.10. The number of rotatable bonds is 3. The van der Waals surface area contributed by atoms with Gasteiger partial charge < -0.3 is 20.4 Å². The molecule has 0 saturated carbocycles. The van der Waals surface area contributed by atoms with Gasteiger partial charge in [-0.1, -0.05) is 25.3 Å². The van der Waals surface area contributed by atoms with Crippen molar-refractivity contribution in [3.05, 3.63) is 93.1 Å². The third kappa shape index (κ3) is 3.45. The first kappa shape index (κ1) is 25.8. The van der Waals surface area contributed by atoms with E-state index in [-0.39, 0.29) is 23.0 Å². The highest BCUT2D eigenvalue weighted by molar-refractivity contribution is 5.92. The fourth-order valence-corrected chi connectivity index (χ4v) is 6.98. The number of aromatic hydroxyl groups is 4. The minimum atomic E-state index is 0.145. The molecule has 0 saturated heterocycles. The largest absolute Gasteiger partial charge is 0.508 e. The molecule has 4 aromatic rings. The smallest absolute Gasteiger partial charge is 0.126 e. The zero-order valence-electron chi connectivity index (χ0n) is 23.5. The Labute approximate surface area is 235 Å². The molecule has 4 heteroatoms. The molecule has 0 radical (unpaired) electrons. The fourth-order valence-electron chi connectivity index (χ4n) is 6.98. The second-order valence-electron chi connectivity index (χ2n) is 11.2. The molecule has 202 valence electrons. The van der Waals surface area contributed by atoms with Crippen molar-refractivity contribution < 1.29 is 20.4 Å². The molecule has 0 atom stereocenters.